The average molecular weight is 226 g/mol. The van der Waals surface area contributed by atoms with Crippen molar-refractivity contribution in [3.8, 4) is 0 Å². The highest BCUT2D eigenvalue weighted by atomic mass is 32.2. The minimum absolute atomic E-state index is 1.01. The smallest absolute Gasteiger partial charge is 0.0101 e. The summed E-state index contributed by atoms with van der Waals surface area (Å²) in [5.74, 6) is 2.22. The number of benzene rings is 1. The zero-order chi connectivity index (χ0) is 10.4. The van der Waals surface area contributed by atoms with Crippen molar-refractivity contribution >= 4 is 24.4 Å². The molecule has 0 saturated carbocycles. The minimum atomic E-state index is 1.01. The number of rotatable bonds is 5. The van der Waals surface area contributed by atoms with Crippen LogP contribution in [0.25, 0.3) is 0 Å². The topological polar surface area (TPSA) is 0 Å². The van der Waals surface area contributed by atoms with E-state index in [0.717, 1.165) is 5.75 Å². The number of unbranched alkanes of at least 4 members (excludes halogenated alkanes) is 1. The maximum absolute atomic E-state index is 4.21. The van der Waals surface area contributed by atoms with Gasteiger partial charge in [0, 0.05) is 4.90 Å². The average Bonchev–Trinajstić information content (AvgIpc) is 2.15. The Bertz CT molecular complexity index is 282. The third kappa shape index (κ3) is 3.97. The van der Waals surface area contributed by atoms with E-state index in [4.69, 9.17) is 0 Å². The van der Waals surface area contributed by atoms with Crippen molar-refractivity contribution in [2.75, 3.05) is 11.5 Å². The molecule has 0 aromatic heterocycles. The first-order chi connectivity index (χ1) is 6.74. The summed E-state index contributed by atoms with van der Waals surface area (Å²) in [6.07, 6.45) is 2.49. The standard InChI is InChI=1S/C12H18S2/c1-10-5-6-12(11(2)9-10)14-8-4-3-7-13/h5-6,9,13H,3-4,7-8H2,1-2H3. The summed E-state index contributed by atoms with van der Waals surface area (Å²) in [5, 5.41) is 0. The van der Waals surface area contributed by atoms with Crippen LogP contribution >= 0.6 is 24.4 Å². The molecule has 0 radical (unpaired) electrons. The molecule has 0 saturated heterocycles. The van der Waals surface area contributed by atoms with Gasteiger partial charge in [0.15, 0.2) is 0 Å². The lowest BCUT2D eigenvalue weighted by atomic mass is 10.2. The van der Waals surface area contributed by atoms with Crippen molar-refractivity contribution < 1.29 is 0 Å². The van der Waals surface area contributed by atoms with Crippen LogP contribution in [-0.4, -0.2) is 11.5 Å². The molecule has 0 atom stereocenters. The number of aryl methyl sites for hydroxylation is 2. The monoisotopic (exact) mass is 226 g/mol. The fourth-order valence-electron chi connectivity index (χ4n) is 1.36. The Balaban J connectivity index is 2.42. The third-order valence-electron chi connectivity index (χ3n) is 2.14. The Hall–Kier alpha value is -0.0800. The molecule has 0 bridgehead atoms. The van der Waals surface area contributed by atoms with Crippen molar-refractivity contribution in [2.24, 2.45) is 0 Å². The van der Waals surface area contributed by atoms with Crippen molar-refractivity contribution in [3.63, 3.8) is 0 Å². The van der Waals surface area contributed by atoms with Gasteiger partial charge in [0.2, 0.25) is 0 Å². The van der Waals surface area contributed by atoms with Crippen molar-refractivity contribution in [1.82, 2.24) is 0 Å². The summed E-state index contributed by atoms with van der Waals surface area (Å²) in [6.45, 7) is 4.33. The van der Waals surface area contributed by atoms with Crippen LogP contribution in [0.2, 0.25) is 0 Å². The van der Waals surface area contributed by atoms with Gasteiger partial charge in [-0.05, 0) is 49.8 Å². The second kappa shape index (κ2) is 6.41. The Labute approximate surface area is 96.9 Å². The number of thiol groups is 1. The Morgan fingerprint density at radius 1 is 1.21 bits per heavy atom. The molecule has 1 aromatic rings. The van der Waals surface area contributed by atoms with E-state index in [1.807, 2.05) is 11.8 Å². The van der Waals surface area contributed by atoms with E-state index < -0.39 is 0 Å². The van der Waals surface area contributed by atoms with E-state index in [1.54, 1.807) is 0 Å². The highest BCUT2D eigenvalue weighted by Crippen LogP contribution is 2.24. The molecular weight excluding hydrogens is 208 g/mol. The van der Waals surface area contributed by atoms with Crippen molar-refractivity contribution in [2.45, 2.75) is 31.6 Å². The molecule has 0 amide bonds. The van der Waals surface area contributed by atoms with E-state index in [-0.39, 0.29) is 0 Å². The highest BCUT2D eigenvalue weighted by molar-refractivity contribution is 7.99. The van der Waals surface area contributed by atoms with Crippen LogP contribution in [0, 0.1) is 13.8 Å². The number of hydrogen-bond donors (Lipinski definition) is 1. The quantitative estimate of drug-likeness (QED) is 0.448. The van der Waals surface area contributed by atoms with Gasteiger partial charge in [-0.2, -0.15) is 12.6 Å². The van der Waals surface area contributed by atoms with Gasteiger partial charge in [0.1, 0.15) is 0 Å². The van der Waals surface area contributed by atoms with Gasteiger partial charge in [0.05, 0.1) is 0 Å². The zero-order valence-corrected chi connectivity index (χ0v) is 10.6. The summed E-state index contributed by atoms with van der Waals surface area (Å²) < 4.78 is 0. The molecule has 0 fully saturated rings. The highest BCUT2D eigenvalue weighted by Gasteiger charge is 1.98. The lowest BCUT2D eigenvalue weighted by Crippen LogP contribution is -1.85. The van der Waals surface area contributed by atoms with E-state index in [1.165, 1.54) is 34.6 Å². The van der Waals surface area contributed by atoms with Crippen LogP contribution < -0.4 is 0 Å². The molecule has 1 rings (SSSR count). The lowest BCUT2D eigenvalue weighted by Gasteiger charge is -2.05. The van der Waals surface area contributed by atoms with Gasteiger partial charge in [-0.15, -0.1) is 11.8 Å². The molecule has 1 aromatic carbocycles. The summed E-state index contributed by atoms with van der Waals surface area (Å²) in [4.78, 5) is 1.43. The minimum Gasteiger partial charge on any atom is -0.179 e. The molecule has 78 valence electrons. The van der Waals surface area contributed by atoms with Gasteiger partial charge in [-0.3, -0.25) is 0 Å². The molecule has 0 N–H and O–H groups in total. The molecule has 0 aliphatic carbocycles. The van der Waals surface area contributed by atoms with Gasteiger partial charge in [-0.25, -0.2) is 0 Å². The van der Waals surface area contributed by atoms with Crippen LogP contribution in [0.5, 0.6) is 0 Å². The van der Waals surface area contributed by atoms with Crippen molar-refractivity contribution in [1.29, 1.82) is 0 Å². The van der Waals surface area contributed by atoms with E-state index in [9.17, 15) is 0 Å². The predicted octanol–water partition coefficient (Wildman–Crippen LogP) is 4.11. The van der Waals surface area contributed by atoms with E-state index in [0.29, 0.717) is 0 Å². The third-order valence-corrected chi connectivity index (χ3v) is 3.72. The molecule has 14 heavy (non-hydrogen) atoms. The van der Waals surface area contributed by atoms with E-state index in [2.05, 4.69) is 44.7 Å². The summed E-state index contributed by atoms with van der Waals surface area (Å²) >= 11 is 6.17. The first-order valence-corrected chi connectivity index (χ1v) is 6.67. The van der Waals surface area contributed by atoms with Crippen molar-refractivity contribution in [3.05, 3.63) is 29.3 Å². The van der Waals surface area contributed by atoms with Gasteiger partial charge in [-0.1, -0.05) is 17.7 Å². The second-order valence-corrected chi connectivity index (χ2v) is 5.13. The first-order valence-electron chi connectivity index (χ1n) is 5.05. The van der Waals surface area contributed by atoms with E-state index >= 15 is 0 Å². The number of hydrogen-bond acceptors (Lipinski definition) is 2. The predicted molar refractivity (Wildman–Crippen MR) is 69.7 cm³/mol. The van der Waals surface area contributed by atoms with Crippen LogP contribution in [0.3, 0.4) is 0 Å². The molecule has 0 unspecified atom stereocenters. The molecule has 2 heteroatoms. The Kier molecular flexibility index (Phi) is 5.49. The van der Waals surface area contributed by atoms with Crippen LogP contribution in [-0.2, 0) is 0 Å². The molecule has 0 nitrogen and oxygen atoms in total. The van der Waals surface area contributed by atoms with Gasteiger partial charge < -0.3 is 0 Å². The number of thioether (sulfide) groups is 1. The fraction of sp³-hybridized carbons (Fsp3) is 0.500. The summed E-state index contributed by atoms with van der Waals surface area (Å²) in [6, 6.07) is 6.67. The summed E-state index contributed by atoms with van der Waals surface area (Å²) in [7, 11) is 0. The molecule has 0 spiro atoms. The summed E-state index contributed by atoms with van der Waals surface area (Å²) in [5.41, 5.74) is 2.75. The SMILES string of the molecule is Cc1ccc(SCCCCS)c(C)c1. The Morgan fingerprint density at radius 3 is 2.64 bits per heavy atom. The molecule has 0 aliphatic rings. The maximum Gasteiger partial charge on any atom is 0.0101 e. The zero-order valence-electron chi connectivity index (χ0n) is 8.92. The molecule has 0 aliphatic heterocycles. The van der Waals surface area contributed by atoms with Crippen LogP contribution in [0.15, 0.2) is 23.1 Å². The van der Waals surface area contributed by atoms with Crippen LogP contribution in [0.1, 0.15) is 24.0 Å². The largest absolute Gasteiger partial charge is 0.179 e. The normalized spacial score (nSPS) is 10.5. The first kappa shape index (κ1) is 12.0. The fourth-order valence-corrected chi connectivity index (χ4v) is 2.60. The second-order valence-electron chi connectivity index (χ2n) is 3.55. The van der Waals surface area contributed by atoms with Crippen LogP contribution in [0.4, 0.5) is 0 Å². The molecular formula is C12H18S2. The molecule has 0 heterocycles. The van der Waals surface area contributed by atoms with Gasteiger partial charge in [0.25, 0.3) is 0 Å². The Morgan fingerprint density at radius 2 is 2.00 bits per heavy atom. The van der Waals surface area contributed by atoms with Gasteiger partial charge >= 0.3 is 0 Å². The maximum atomic E-state index is 4.21. The lowest BCUT2D eigenvalue weighted by molar-refractivity contribution is 0.909.